The molecular formula is C16H14ClNO2. The minimum atomic E-state index is -0.792. The van der Waals surface area contributed by atoms with Crippen molar-refractivity contribution in [2.45, 2.75) is 5.38 Å². The van der Waals surface area contributed by atoms with E-state index in [1.54, 1.807) is 36.4 Å². The summed E-state index contributed by atoms with van der Waals surface area (Å²) in [5, 5.41) is 1.77. The molecule has 0 saturated carbocycles. The number of carbonyl (C=O) groups excluding carboxylic acids is 2. The number of rotatable bonds is 5. The molecule has 0 aliphatic carbocycles. The molecule has 20 heavy (non-hydrogen) atoms. The Hall–Kier alpha value is -2.13. The Morgan fingerprint density at radius 1 is 0.950 bits per heavy atom. The van der Waals surface area contributed by atoms with Gasteiger partial charge in [0, 0.05) is 5.56 Å². The first-order valence-corrected chi connectivity index (χ1v) is 6.67. The normalized spacial score (nSPS) is 11.7. The van der Waals surface area contributed by atoms with Crippen LogP contribution in [0.5, 0.6) is 0 Å². The minimum Gasteiger partial charge on any atom is -0.347 e. The monoisotopic (exact) mass is 287 g/mol. The predicted molar refractivity (Wildman–Crippen MR) is 78.8 cm³/mol. The van der Waals surface area contributed by atoms with Crippen molar-refractivity contribution in [2.75, 3.05) is 6.54 Å². The van der Waals surface area contributed by atoms with Gasteiger partial charge in [0.15, 0.2) is 5.78 Å². The van der Waals surface area contributed by atoms with Crippen LogP contribution in [0.1, 0.15) is 21.3 Å². The van der Waals surface area contributed by atoms with Crippen molar-refractivity contribution in [3.63, 3.8) is 0 Å². The summed E-state index contributed by atoms with van der Waals surface area (Å²) in [4.78, 5) is 23.7. The molecule has 0 saturated heterocycles. The summed E-state index contributed by atoms with van der Waals surface area (Å²) in [5.74, 6) is -0.516. The number of amides is 1. The van der Waals surface area contributed by atoms with Gasteiger partial charge in [0.25, 0.3) is 0 Å². The molecule has 0 fully saturated rings. The number of carbonyl (C=O) groups is 2. The highest BCUT2D eigenvalue weighted by Crippen LogP contribution is 2.19. The van der Waals surface area contributed by atoms with Crippen molar-refractivity contribution in [3.8, 4) is 0 Å². The summed E-state index contributed by atoms with van der Waals surface area (Å²) < 4.78 is 0. The number of nitrogens with one attached hydrogen (secondary N) is 1. The lowest BCUT2D eigenvalue weighted by Gasteiger charge is -2.10. The zero-order chi connectivity index (χ0) is 14.4. The summed E-state index contributed by atoms with van der Waals surface area (Å²) in [6.07, 6.45) is 0. The lowest BCUT2D eigenvalue weighted by Crippen LogP contribution is -2.32. The lowest BCUT2D eigenvalue weighted by atomic mass is 10.1. The maximum absolute atomic E-state index is 11.9. The van der Waals surface area contributed by atoms with Crippen LogP contribution in [0.15, 0.2) is 60.7 Å². The van der Waals surface area contributed by atoms with Gasteiger partial charge >= 0.3 is 0 Å². The molecule has 0 spiro atoms. The molecule has 2 aromatic rings. The van der Waals surface area contributed by atoms with E-state index in [-0.39, 0.29) is 18.2 Å². The molecule has 2 rings (SSSR count). The van der Waals surface area contributed by atoms with E-state index in [4.69, 9.17) is 11.6 Å². The van der Waals surface area contributed by atoms with Crippen LogP contribution in [0.3, 0.4) is 0 Å². The van der Waals surface area contributed by atoms with Crippen molar-refractivity contribution in [1.82, 2.24) is 5.32 Å². The first kappa shape index (κ1) is 14.3. The second-order valence-electron chi connectivity index (χ2n) is 4.28. The zero-order valence-corrected chi connectivity index (χ0v) is 11.5. The molecular weight excluding hydrogens is 274 g/mol. The average Bonchev–Trinajstić information content (AvgIpc) is 2.53. The van der Waals surface area contributed by atoms with Gasteiger partial charge in [-0.3, -0.25) is 9.59 Å². The zero-order valence-electron chi connectivity index (χ0n) is 10.8. The van der Waals surface area contributed by atoms with Gasteiger partial charge in [-0.1, -0.05) is 60.7 Å². The average molecular weight is 288 g/mol. The minimum absolute atomic E-state index is 0.0566. The van der Waals surface area contributed by atoms with E-state index in [0.717, 1.165) is 0 Å². The molecule has 4 heteroatoms. The molecule has 0 aliphatic heterocycles. The third-order valence-electron chi connectivity index (χ3n) is 2.84. The van der Waals surface area contributed by atoms with E-state index in [2.05, 4.69) is 5.32 Å². The van der Waals surface area contributed by atoms with Gasteiger partial charge in [0.1, 0.15) is 5.38 Å². The topological polar surface area (TPSA) is 46.2 Å². The quantitative estimate of drug-likeness (QED) is 0.679. The number of ketones is 1. The Balaban J connectivity index is 1.91. The summed E-state index contributed by atoms with van der Waals surface area (Å²) in [7, 11) is 0. The fraction of sp³-hybridized carbons (Fsp3) is 0.125. The summed E-state index contributed by atoms with van der Waals surface area (Å²) >= 11 is 6.06. The van der Waals surface area contributed by atoms with Crippen molar-refractivity contribution < 1.29 is 9.59 Å². The Morgan fingerprint density at radius 2 is 1.50 bits per heavy atom. The van der Waals surface area contributed by atoms with Crippen molar-refractivity contribution in [3.05, 3.63) is 71.8 Å². The number of Topliss-reactive ketones (excluding diaryl/α,β-unsaturated/α-hetero) is 1. The fourth-order valence-electron chi connectivity index (χ4n) is 1.76. The van der Waals surface area contributed by atoms with Gasteiger partial charge in [-0.2, -0.15) is 0 Å². The lowest BCUT2D eigenvalue weighted by molar-refractivity contribution is -0.120. The summed E-state index contributed by atoms with van der Waals surface area (Å²) in [6, 6.07) is 17.8. The molecule has 0 aromatic heterocycles. The predicted octanol–water partition coefficient (Wildman–Crippen LogP) is 2.97. The van der Waals surface area contributed by atoms with Gasteiger partial charge in [0.2, 0.25) is 5.91 Å². The third-order valence-corrected chi connectivity index (χ3v) is 3.29. The number of benzene rings is 2. The maximum Gasteiger partial charge on any atom is 0.242 e. The number of halogens is 1. The maximum atomic E-state index is 11.9. The third kappa shape index (κ3) is 3.68. The molecule has 0 aliphatic rings. The Labute approximate surface area is 122 Å². The standard InChI is InChI=1S/C16H14ClNO2/c17-15(13-9-5-2-6-10-13)16(20)18-11-14(19)12-7-3-1-4-8-12/h1-10,15H,11H2,(H,18,20). The largest absolute Gasteiger partial charge is 0.347 e. The first-order valence-electron chi connectivity index (χ1n) is 6.23. The highest BCUT2D eigenvalue weighted by atomic mass is 35.5. The van der Waals surface area contributed by atoms with Crippen LogP contribution in [0.2, 0.25) is 0 Å². The van der Waals surface area contributed by atoms with E-state index >= 15 is 0 Å². The molecule has 2 aromatic carbocycles. The van der Waals surface area contributed by atoms with Crippen LogP contribution < -0.4 is 5.32 Å². The molecule has 102 valence electrons. The van der Waals surface area contributed by atoms with E-state index in [1.165, 1.54) is 0 Å². The molecule has 1 amide bonds. The van der Waals surface area contributed by atoms with Crippen LogP contribution in [-0.4, -0.2) is 18.2 Å². The van der Waals surface area contributed by atoms with Crippen LogP contribution in [0.4, 0.5) is 0 Å². The van der Waals surface area contributed by atoms with Crippen molar-refractivity contribution in [2.24, 2.45) is 0 Å². The second kappa shape index (κ2) is 6.87. The van der Waals surface area contributed by atoms with Gasteiger partial charge in [0.05, 0.1) is 6.54 Å². The van der Waals surface area contributed by atoms with Gasteiger partial charge in [-0.15, -0.1) is 11.6 Å². The van der Waals surface area contributed by atoms with E-state index in [1.807, 2.05) is 24.3 Å². The number of hydrogen-bond donors (Lipinski definition) is 1. The molecule has 1 unspecified atom stereocenters. The Morgan fingerprint density at radius 3 is 2.10 bits per heavy atom. The number of alkyl halides is 1. The van der Waals surface area contributed by atoms with Crippen LogP contribution in [0, 0.1) is 0 Å². The van der Waals surface area contributed by atoms with E-state index < -0.39 is 5.38 Å². The van der Waals surface area contributed by atoms with Crippen molar-refractivity contribution >= 4 is 23.3 Å². The van der Waals surface area contributed by atoms with Crippen LogP contribution >= 0.6 is 11.6 Å². The van der Waals surface area contributed by atoms with Crippen LogP contribution in [0.25, 0.3) is 0 Å². The molecule has 3 nitrogen and oxygen atoms in total. The Bertz CT molecular complexity index is 584. The molecule has 1 atom stereocenters. The smallest absolute Gasteiger partial charge is 0.242 e. The van der Waals surface area contributed by atoms with E-state index in [0.29, 0.717) is 11.1 Å². The second-order valence-corrected chi connectivity index (χ2v) is 4.72. The van der Waals surface area contributed by atoms with Crippen molar-refractivity contribution in [1.29, 1.82) is 0 Å². The summed E-state index contributed by atoms with van der Waals surface area (Å²) in [6.45, 7) is -0.0566. The highest BCUT2D eigenvalue weighted by Gasteiger charge is 2.18. The van der Waals surface area contributed by atoms with Crippen LogP contribution in [-0.2, 0) is 4.79 Å². The molecule has 0 radical (unpaired) electrons. The van der Waals surface area contributed by atoms with Gasteiger partial charge in [-0.05, 0) is 5.56 Å². The molecule has 1 N–H and O–H groups in total. The molecule has 0 heterocycles. The number of hydrogen-bond acceptors (Lipinski definition) is 2. The fourth-order valence-corrected chi connectivity index (χ4v) is 1.98. The van der Waals surface area contributed by atoms with Gasteiger partial charge < -0.3 is 5.32 Å². The molecule has 0 bridgehead atoms. The SMILES string of the molecule is O=C(CNC(=O)C(Cl)c1ccccc1)c1ccccc1. The van der Waals surface area contributed by atoms with E-state index in [9.17, 15) is 9.59 Å². The highest BCUT2D eigenvalue weighted by molar-refractivity contribution is 6.30. The van der Waals surface area contributed by atoms with Gasteiger partial charge in [-0.25, -0.2) is 0 Å². The first-order chi connectivity index (χ1) is 9.68. The Kier molecular flexibility index (Phi) is 4.91. The summed E-state index contributed by atoms with van der Waals surface area (Å²) in [5.41, 5.74) is 1.28.